The van der Waals surface area contributed by atoms with E-state index in [1.807, 2.05) is 6.92 Å². The first kappa shape index (κ1) is 13.8. The van der Waals surface area contributed by atoms with Gasteiger partial charge in [0.1, 0.15) is 0 Å². The van der Waals surface area contributed by atoms with Crippen LogP contribution in [0.15, 0.2) is 0 Å². The van der Waals surface area contributed by atoms with Crippen molar-refractivity contribution in [3.8, 4) is 0 Å². The number of esters is 1. The zero-order chi connectivity index (χ0) is 12.8. The van der Waals surface area contributed by atoms with Crippen LogP contribution in [0.5, 0.6) is 0 Å². The van der Waals surface area contributed by atoms with Gasteiger partial charge in [-0.05, 0) is 51.9 Å². The lowest BCUT2D eigenvalue weighted by molar-refractivity contribution is -0.195. The van der Waals surface area contributed by atoms with Crippen LogP contribution in [0.1, 0.15) is 51.9 Å². The van der Waals surface area contributed by atoms with E-state index in [0.717, 1.165) is 45.1 Å². The normalized spacial score (nSPS) is 33.1. The molecule has 4 heteroatoms. The minimum Gasteiger partial charge on any atom is -0.466 e. The Kier molecular flexibility index (Phi) is 5.45. The average molecular weight is 256 g/mol. The number of carbonyl (C=O) groups excluding carboxylic acids is 1. The van der Waals surface area contributed by atoms with Gasteiger partial charge < -0.3 is 14.2 Å². The van der Waals surface area contributed by atoms with E-state index < -0.39 is 0 Å². The van der Waals surface area contributed by atoms with Crippen molar-refractivity contribution in [3.63, 3.8) is 0 Å². The van der Waals surface area contributed by atoms with E-state index in [0.29, 0.717) is 6.61 Å². The highest BCUT2D eigenvalue weighted by Crippen LogP contribution is 2.29. The molecule has 1 heterocycles. The first-order valence-corrected chi connectivity index (χ1v) is 7.23. The highest BCUT2D eigenvalue weighted by molar-refractivity contribution is 5.72. The molecule has 2 fully saturated rings. The van der Waals surface area contributed by atoms with E-state index in [1.165, 1.54) is 6.42 Å². The van der Waals surface area contributed by atoms with E-state index in [2.05, 4.69) is 0 Å². The molecule has 0 amide bonds. The fraction of sp³-hybridized carbons (Fsp3) is 0.929. The van der Waals surface area contributed by atoms with E-state index >= 15 is 0 Å². The molecular formula is C14H24O4. The largest absolute Gasteiger partial charge is 0.466 e. The first-order chi connectivity index (χ1) is 8.79. The number of ether oxygens (including phenoxy) is 3. The molecule has 0 radical (unpaired) electrons. The van der Waals surface area contributed by atoms with Crippen LogP contribution in [0.2, 0.25) is 0 Å². The molecule has 4 nitrogen and oxygen atoms in total. The maximum atomic E-state index is 11.6. The van der Waals surface area contributed by atoms with Crippen LogP contribution in [0.4, 0.5) is 0 Å². The summed E-state index contributed by atoms with van der Waals surface area (Å²) in [5.41, 5.74) is 0. The smallest absolute Gasteiger partial charge is 0.308 e. The van der Waals surface area contributed by atoms with Gasteiger partial charge in [0.05, 0.1) is 18.6 Å². The third-order valence-corrected chi connectivity index (χ3v) is 3.78. The summed E-state index contributed by atoms with van der Waals surface area (Å²) in [5, 5.41) is 0. The van der Waals surface area contributed by atoms with Gasteiger partial charge in [-0.1, -0.05) is 0 Å². The van der Waals surface area contributed by atoms with Crippen molar-refractivity contribution in [3.05, 3.63) is 0 Å². The fourth-order valence-electron chi connectivity index (χ4n) is 2.73. The zero-order valence-electron chi connectivity index (χ0n) is 11.2. The van der Waals surface area contributed by atoms with Gasteiger partial charge in [-0.3, -0.25) is 4.79 Å². The molecule has 2 aliphatic rings. The maximum Gasteiger partial charge on any atom is 0.308 e. The number of rotatable bonds is 4. The highest BCUT2D eigenvalue weighted by atomic mass is 16.7. The van der Waals surface area contributed by atoms with Crippen molar-refractivity contribution >= 4 is 5.97 Å². The van der Waals surface area contributed by atoms with Crippen LogP contribution in [-0.4, -0.2) is 31.6 Å². The molecule has 2 rings (SSSR count). The first-order valence-electron chi connectivity index (χ1n) is 7.23. The number of hydrogen-bond donors (Lipinski definition) is 0. The van der Waals surface area contributed by atoms with E-state index in [-0.39, 0.29) is 24.3 Å². The van der Waals surface area contributed by atoms with Crippen LogP contribution in [0, 0.1) is 5.92 Å². The van der Waals surface area contributed by atoms with Gasteiger partial charge in [0.2, 0.25) is 0 Å². The molecule has 1 saturated carbocycles. The van der Waals surface area contributed by atoms with Crippen LogP contribution in [-0.2, 0) is 19.0 Å². The predicted octanol–water partition coefficient (Wildman–Crippen LogP) is 2.65. The third kappa shape index (κ3) is 3.95. The van der Waals surface area contributed by atoms with E-state index in [4.69, 9.17) is 14.2 Å². The van der Waals surface area contributed by atoms with E-state index in [1.54, 1.807) is 0 Å². The molecule has 0 aromatic rings. The number of carbonyl (C=O) groups is 1. The monoisotopic (exact) mass is 256 g/mol. The zero-order valence-corrected chi connectivity index (χ0v) is 11.2. The predicted molar refractivity (Wildman–Crippen MR) is 67.1 cm³/mol. The van der Waals surface area contributed by atoms with Gasteiger partial charge in [-0.25, -0.2) is 0 Å². The van der Waals surface area contributed by atoms with Crippen LogP contribution >= 0.6 is 0 Å². The summed E-state index contributed by atoms with van der Waals surface area (Å²) in [6.45, 7) is 3.15. The Bertz CT molecular complexity index is 253. The van der Waals surface area contributed by atoms with Gasteiger partial charge in [-0.15, -0.1) is 0 Å². The van der Waals surface area contributed by atoms with Crippen LogP contribution in [0.3, 0.4) is 0 Å². The molecule has 0 aromatic carbocycles. The lowest BCUT2D eigenvalue weighted by atomic mass is 9.87. The summed E-state index contributed by atoms with van der Waals surface area (Å²) in [7, 11) is 0. The molecule has 1 saturated heterocycles. The van der Waals surface area contributed by atoms with E-state index in [9.17, 15) is 4.79 Å². The molecule has 1 aliphatic heterocycles. The van der Waals surface area contributed by atoms with Crippen molar-refractivity contribution in [1.82, 2.24) is 0 Å². The highest BCUT2D eigenvalue weighted by Gasteiger charge is 2.29. The Morgan fingerprint density at radius 3 is 2.56 bits per heavy atom. The minimum absolute atomic E-state index is 0.0112. The van der Waals surface area contributed by atoms with Gasteiger partial charge in [0.25, 0.3) is 0 Å². The third-order valence-electron chi connectivity index (χ3n) is 3.78. The Morgan fingerprint density at radius 1 is 1.17 bits per heavy atom. The summed E-state index contributed by atoms with van der Waals surface area (Å²) in [4.78, 5) is 11.6. The molecule has 0 spiro atoms. The van der Waals surface area contributed by atoms with Gasteiger partial charge in [-0.2, -0.15) is 0 Å². The summed E-state index contributed by atoms with van der Waals surface area (Å²) in [6.07, 6.45) is 7.27. The van der Waals surface area contributed by atoms with Gasteiger partial charge in [0.15, 0.2) is 6.29 Å². The second-order valence-corrected chi connectivity index (χ2v) is 5.16. The molecule has 0 bridgehead atoms. The second kappa shape index (κ2) is 7.10. The molecule has 104 valence electrons. The molecule has 1 atom stereocenters. The van der Waals surface area contributed by atoms with Crippen molar-refractivity contribution in [2.24, 2.45) is 5.92 Å². The quantitative estimate of drug-likeness (QED) is 0.725. The topological polar surface area (TPSA) is 44.8 Å². The summed E-state index contributed by atoms with van der Waals surface area (Å²) >= 11 is 0. The molecule has 18 heavy (non-hydrogen) atoms. The van der Waals surface area contributed by atoms with Crippen LogP contribution < -0.4 is 0 Å². The number of hydrogen-bond acceptors (Lipinski definition) is 4. The molecule has 0 aromatic heterocycles. The van der Waals surface area contributed by atoms with Crippen molar-refractivity contribution in [2.45, 2.75) is 64.3 Å². The van der Waals surface area contributed by atoms with Gasteiger partial charge in [0, 0.05) is 6.61 Å². The second-order valence-electron chi connectivity index (χ2n) is 5.16. The van der Waals surface area contributed by atoms with Crippen molar-refractivity contribution in [2.75, 3.05) is 13.2 Å². The minimum atomic E-state index is -0.0372. The summed E-state index contributed by atoms with van der Waals surface area (Å²) in [5.74, 6) is 0.0435. The molecular weight excluding hydrogens is 232 g/mol. The van der Waals surface area contributed by atoms with Gasteiger partial charge >= 0.3 is 5.97 Å². The average Bonchev–Trinajstić information content (AvgIpc) is 2.41. The Labute approximate surface area is 109 Å². The standard InChI is InChI=1S/C14H24O4/c1-2-16-14(15)11-6-8-12(9-7-11)18-13-5-3-4-10-17-13/h11-13H,2-10H2,1H3/t11?,12?,13-/m1/s1. The Balaban J connectivity index is 1.68. The lowest BCUT2D eigenvalue weighted by Gasteiger charge is -2.31. The Morgan fingerprint density at radius 2 is 1.94 bits per heavy atom. The lowest BCUT2D eigenvalue weighted by Crippen LogP contribution is -2.32. The fourth-order valence-corrected chi connectivity index (χ4v) is 2.73. The van der Waals surface area contributed by atoms with Crippen LogP contribution in [0.25, 0.3) is 0 Å². The Hall–Kier alpha value is -0.610. The SMILES string of the molecule is CCOC(=O)C1CCC(O[C@@H]2CCCCO2)CC1. The van der Waals surface area contributed by atoms with Crippen molar-refractivity contribution in [1.29, 1.82) is 0 Å². The summed E-state index contributed by atoms with van der Waals surface area (Å²) < 4.78 is 16.6. The molecule has 1 aliphatic carbocycles. The van der Waals surface area contributed by atoms with Crippen molar-refractivity contribution < 1.29 is 19.0 Å². The maximum absolute atomic E-state index is 11.6. The molecule has 0 N–H and O–H groups in total. The molecule has 0 unspecified atom stereocenters. The summed E-state index contributed by atoms with van der Waals surface area (Å²) in [6, 6.07) is 0.